The number of hydrogen-bond acceptors (Lipinski definition) is 7. The molecule has 0 amide bonds. The van der Waals surface area contributed by atoms with E-state index in [4.69, 9.17) is 26.5 Å². The molecule has 0 aliphatic carbocycles. The van der Waals surface area contributed by atoms with Crippen molar-refractivity contribution in [3.63, 3.8) is 0 Å². The molecule has 100 heavy (non-hydrogen) atoms. The van der Waals surface area contributed by atoms with Crippen LogP contribution in [-0.4, -0.2) is 13.7 Å². The van der Waals surface area contributed by atoms with Crippen LogP contribution in [0.15, 0.2) is 318 Å². The van der Waals surface area contributed by atoms with Crippen LogP contribution < -0.4 is 4.90 Å². The Hall–Kier alpha value is -13.7. The van der Waals surface area contributed by atoms with E-state index in [0.29, 0.717) is 0 Å². The van der Waals surface area contributed by atoms with E-state index in [1.54, 1.807) is 0 Å². The third-order valence-corrected chi connectivity index (χ3v) is 21.4. The van der Waals surface area contributed by atoms with Gasteiger partial charge in [-0.2, -0.15) is 0 Å². The van der Waals surface area contributed by atoms with Gasteiger partial charge in [-0.05, 0) is 182 Å². The number of rotatable bonds is 6. The monoisotopic (exact) mass is 1280 g/mol. The van der Waals surface area contributed by atoms with E-state index in [1.807, 2.05) is 36.4 Å². The quantitative estimate of drug-likeness (QED) is 0.164. The molecule has 0 aliphatic heterocycles. The van der Waals surface area contributed by atoms with Crippen molar-refractivity contribution in [2.45, 2.75) is 0 Å². The fourth-order valence-corrected chi connectivity index (χ4v) is 17.2. The Morgan fingerprint density at radius 2 is 0.360 bits per heavy atom. The molecule has 9 aromatic heterocycles. The number of para-hydroxylation sites is 6. The predicted octanol–water partition coefficient (Wildman–Crippen LogP) is 25.8. The van der Waals surface area contributed by atoms with E-state index >= 15 is 0 Å². The maximum atomic E-state index is 6.91. The summed E-state index contributed by atoms with van der Waals surface area (Å²) in [6.45, 7) is 0. The molecule has 9 heterocycles. The van der Waals surface area contributed by atoms with Crippen LogP contribution in [0.4, 0.5) is 17.1 Å². The van der Waals surface area contributed by atoms with Gasteiger partial charge in [0.15, 0.2) is 0 Å². The van der Waals surface area contributed by atoms with E-state index in [0.717, 1.165) is 199 Å². The fourth-order valence-electron chi connectivity index (χ4n) is 17.2. The Bertz CT molecular complexity index is 6880. The Morgan fingerprint density at radius 3 is 0.590 bits per heavy atom. The van der Waals surface area contributed by atoms with Crippen molar-refractivity contribution in [2.75, 3.05) is 4.90 Å². The first kappa shape index (κ1) is 52.6. The molecule has 0 aliphatic rings. The van der Waals surface area contributed by atoms with E-state index in [2.05, 4.69) is 273 Å². The molecule has 10 heteroatoms. The van der Waals surface area contributed by atoms with E-state index in [-0.39, 0.29) is 0 Å². The second-order valence-corrected chi connectivity index (χ2v) is 26.6. The maximum Gasteiger partial charge on any atom is 0.136 e. The second-order valence-electron chi connectivity index (χ2n) is 26.6. The lowest BCUT2D eigenvalue weighted by Crippen LogP contribution is -2.09. The minimum Gasteiger partial charge on any atom is -0.456 e. The number of benzene rings is 15. The average Bonchev–Trinajstić information content (AvgIpc) is 1.57. The van der Waals surface area contributed by atoms with Crippen molar-refractivity contribution in [1.82, 2.24) is 13.7 Å². The van der Waals surface area contributed by atoms with Gasteiger partial charge in [0.1, 0.15) is 67.0 Å². The van der Waals surface area contributed by atoms with Gasteiger partial charge in [0.05, 0.1) is 33.1 Å². The molecule has 0 fully saturated rings. The Balaban J connectivity index is 0.743. The first-order valence-corrected chi connectivity index (χ1v) is 33.8. The van der Waals surface area contributed by atoms with E-state index in [1.165, 1.54) is 32.3 Å². The van der Waals surface area contributed by atoms with Gasteiger partial charge in [0.25, 0.3) is 0 Å². The van der Waals surface area contributed by atoms with E-state index < -0.39 is 0 Å². The lowest BCUT2D eigenvalue weighted by molar-refractivity contribution is 0.662. The van der Waals surface area contributed by atoms with Gasteiger partial charge in [-0.1, -0.05) is 109 Å². The largest absolute Gasteiger partial charge is 0.456 e. The van der Waals surface area contributed by atoms with E-state index in [9.17, 15) is 0 Å². The zero-order chi connectivity index (χ0) is 64.7. The molecule has 0 unspecified atom stereocenters. The number of aromatic nitrogens is 3. The Labute approximate surface area is 564 Å². The van der Waals surface area contributed by atoms with Gasteiger partial charge in [0, 0.05) is 131 Å². The maximum absolute atomic E-state index is 6.91. The lowest BCUT2D eigenvalue weighted by atomic mass is 10.0. The lowest BCUT2D eigenvalue weighted by Gasteiger charge is -2.25. The summed E-state index contributed by atoms with van der Waals surface area (Å²) in [4.78, 5) is 2.35. The summed E-state index contributed by atoms with van der Waals surface area (Å²) in [5.41, 5.74) is 22.0. The van der Waals surface area contributed by atoms with Crippen LogP contribution in [0.1, 0.15) is 0 Å². The number of anilines is 3. The van der Waals surface area contributed by atoms with Crippen LogP contribution in [0.25, 0.3) is 214 Å². The van der Waals surface area contributed by atoms with Crippen LogP contribution in [0.3, 0.4) is 0 Å². The van der Waals surface area contributed by atoms with Gasteiger partial charge in [0.2, 0.25) is 0 Å². The fraction of sp³-hybridized carbons (Fsp3) is 0. The first-order valence-electron chi connectivity index (χ1n) is 33.8. The number of hydrogen-bond donors (Lipinski definition) is 0. The zero-order valence-corrected chi connectivity index (χ0v) is 53.0. The molecular weight excluding hydrogens is 1230 g/mol. The summed E-state index contributed by atoms with van der Waals surface area (Å²) in [5, 5.41) is 19.0. The predicted molar refractivity (Wildman–Crippen MR) is 408 cm³/mol. The minimum atomic E-state index is 0.760. The molecule has 0 saturated heterocycles. The summed E-state index contributed by atoms with van der Waals surface area (Å²) >= 11 is 0. The third kappa shape index (κ3) is 6.99. The highest BCUT2D eigenvalue weighted by Gasteiger charge is 2.27. The van der Waals surface area contributed by atoms with Crippen LogP contribution in [0, 0.1) is 0 Å². The molecule has 0 spiro atoms. The molecule has 10 nitrogen and oxygen atoms in total. The number of fused-ring (bicyclic) bond motifs is 30. The molecule has 24 rings (SSSR count). The summed E-state index contributed by atoms with van der Waals surface area (Å²) in [7, 11) is 0. The summed E-state index contributed by atoms with van der Waals surface area (Å²) in [6.07, 6.45) is 0. The van der Waals surface area contributed by atoms with Gasteiger partial charge in [-0.25, -0.2) is 0 Å². The van der Waals surface area contributed by atoms with Gasteiger partial charge in [-0.3, -0.25) is 0 Å². The molecule has 0 bridgehead atoms. The highest BCUT2D eigenvalue weighted by molar-refractivity contribution is 6.30. The number of furan rings is 6. The summed E-state index contributed by atoms with van der Waals surface area (Å²) in [6, 6.07) is 103. The van der Waals surface area contributed by atoms with Gasteiger partial charge < -0.3 is 45.1 Å². The third-order valence-electron chi connectivity index (χ3n) is 21.4. The molecule has 15 aromatic carbocycles. The molecule has 0 radical (unpaired) electrons. The summed E-state index contributed by atoms with van der Waals surface area (Å²) in [5.74, 6) is 0. The second kappa shape index (κ2) is 19.1. The molecule has 0 N–H and O–H groups in total. The molecule has 0 atom stereocenters. The molecular formula is C90H48N4O6. The Morgan fingerprint density at radius 1 is 0.170 bits per heavy atom. The van der Waals surface area contributed by atoms with Crippen molar-refractivity contribution >= 4 is 214 Å². The van der Waals surface area contributed by atoms with Gasteiger partial charge in [-0.15, -0.1) is 0 Å². The first-order chi connectivity index (χ1) is 49.5. The van der Waals surface area contributed by atoms with Crippen molar-refractivity contribution in [3.8, 4) is 17.1 Å². The van der Waals surface area contributed by atoms with Crippen LogP contribution in [-0.2, 0) is 0 Å². The van der Waals surface area contributed by atoms with Crippen LogP contribution in [0.5, 0.6) is 0 Å². The minimum absolute atomic E-state index is 0.760. The van der Waals surface area contributed by atoms with Crippen molar-refractivity contribution < 1.29 is 26.5 Å². The highest BCUT2D eigenvalue weighted by atomic mass is 16.4. The topological polar surface area (TPSA) is 96.9 Å². The average molecular weight is 1280 g/mol. The summed E-state index contributed by atoms with van der Waals surface area (Å²) < 4.78 is 48.2. The highest BCUT2D eigenvalue weighted by Crippen LogP contribution is 2.50. The van der Waals surface area contributed by atoms with Crippen LogP contribution >= 0.6 is 0 Å². The molecule has 0 saturated carbocycles. The van der Waals surface area contributed by atoms with Crippen molar-refractivity contribution in [1.29, 1.82) is 0 Å². The zero-order valence-electron chi connectivity index (χ0n) is 53.0. The molecule has 464 valence electrons. The van der Waals surface area contributed by atoms with Crippen molar-refractivity contribution in [3.05, 3.63) is 291 Å². The number of nitrogens with zero attached hydrogens (tertiary/aromatic N) is 4. The van der Waals surface area contributed by atoms with Crippen LogP contribution in [0.2, 0.25) is 0 Å². The van der Waals surface area contributed by atoms with Gasteiger partial charge >= 0.3 is 0 Å². The smallest absolute Gasteiger partial charge is 0.136 e. The normalized spacial score (nSPS) is 12.6. The standard InChI is InChI=1S/C90H48N4O6/c1-7-19-67-55(13-1)56-14-2-8-20-68(56)92(67)52-28-34-76-64(46-52)88-82(98-76)40-37-79-85(88)61-43-49(25-31-73(61)95-79)91(50-26-32-74-62(44-50)86-80(96-74)38-41-83-89(86)65-47-53(29-35-77(65)99-83)93-69-21-9-3-15-57(69)58-16-4-10-22-70(58)93)51-27-33-75-63(45-51)87-81(97-75)39-42-84-90(87)66-48-54(30-36-78(66)100-84)94-71-23-11-5-17-59(71)60-18-6-12-24-72(60)94/h1-48H. The van der Waals surface area contributed by atoms with Crippen molar-refractivity contribution in [2.24, 2.45) is 0 Å². The Kier molecular flexibility index (Phi) is 10.0. The molecule has 24 aromatic rings. The SMILES string of the molecule is c1ccc2c(c1)c1ccccc1n2-c1ccc2oc3ccc4oc5ccc(N(c6ccc7oc8ccc9oc%10ccc(-n%11c%12ccccc%12c%12ccccc%12%11)cc%10c9c8c7c6)c6ccc7oc8ccc9oc%10ccc(-n%11c%12ccccc%12c%12ccccc%12%11)cc%10c9c8c7c6)cc5c4c3c2c1.